The Morgan fingerprint density at radius 2 is 1.43 bits per heavy atom. The quantitative estimate of drug-likeness (QED) is 0.645. The molecular weight excluding hydrogens is 340 g/mol. The molecule has 0 radical (unpaired) electrons. The Hall–Kier alpha value is -1.45. The highest BCUT2D eigenvalue weighted by atomic mass is 32.2. The van der Waals surface area contributed by atoms with E-state index in [-0.39, 0.29) is 9.79 Å². The molecule has 23 heavy (non-hydrogen) atoms. The van der Waals surface area contributed by atoms with E-state index < -0.39 is 26.0 Å². The van der Waals surface area contributed by atoms with Crippen LogP contribution in [0.5, 0.6) is 0 Å². The van der Waals surface area contributed by atoms with Crippen LogP contribution in [0.3, 0.4) is 0 Å². The molecule has 0 saturated heterocycles. The number of rotatable bonds is 9. The molecule has 0 aliphatic rings. The molecule has 1 amide bonds. The summed E-state index contributed by atoms with van der Waals surface area (Å²) < 4.78 is 52.0. The van der Waals surface area contributed by atoms with Crippen LogP contribution in [0.4, 0.5) is 0 Å². The Balaban J connectivity index is 2.77. The highest BCUT2D eigenvalue weighted by Gasteiger charge is 2.18. The zero-order valence-electron chi connectivity index (χ0n) is 13.2. The van der Waals surface area contributed by atoms with Crippen molar-refractivity contribution in [1.29, 1.82) is 0 Å². The molecule has 2 N–H and O–H groups in total. The zero-order chi connectivity index (χ0) is 17.5. The molecular formula is C14H22N2O5S2. The summed E-state index contributed by atoms with van der Waals surface area (Å²) in [4.78, 5) is 10.7. The largest absolute Gasteiger partial charge is 0.274 e. The average Bonchev–Trinajstić information content (AvgIpc) is 2.46. The van der Waals surface area contributed by atoms with Crippen LogP contribution in [0.15, 0.2) is 34.1 Å². The van der Waals surface area contributed by atoms with E-state index in [1.807, 2.05) is 4.72 Å². The Labute approximate surface area is 137 Å². The lowest BCUT2D eigenvalue weighted by Gasteiger charge is -2.08. The maximum absolute atomic E-state index is 12.1. The summed E-state index contributed by atoms with van der Waals surface area (Å²) in [5.41, 5.74) is 0. The van der Waals surface area contributed by atoms with Crippen molar-refractivity contribution >= 4 is 26.0 Å². The summed E-state index contributed by atoms with van der Waals surface area (Å²) >= 11 is 0. The predicted molar refractivity (Wildman–Crippen MR) is 86.8 cm³/mol. The van der Waals surface area contributed by atoms with Gasteiger partial charge >= 0.3 is 0 Å². The minimum atomic E-state index is -3.96. The highest BCUT2D eigenvalue weighted by molar-refractivity contribution is 7.90. The number of benzene rings is 1. The van der Waals surface area contributed by atoms with Crippen LogP contribution in [0.1, 0.15) is 39.5 Å². The smallest absolute Gasteiger partial charge is 0.264 e. The Morgan fingerprint density at radius 3 is 1.91 bits per heavy atom. The standard InChI is InChI=1S/C14H22N2O5S2/c1-3-4-5-6-11-15-22(18,19)13-7-9-14(10-8-13)23(20,21)16-12(2)17/h7-10,15H,3-6,11H2,1-2H3,(H,16,17). The Kier molecular flexibility index (Phi) is 7.17. The first-order valence-corrected chi connectivity index (χ1v) is 10.3. The second-order valence-electron chi connectivity index (χ2n) is 5.09. The van der Waals surface area contributed by atoms with Crippen LogP contribution in [0.2, 0.25) is 0 Å². The molecule has 0 aliphatic carbocycles. The van der Waals surface area contributed by atoms with Crippen molar-refractivity contribution in [2.75, 3.05) is 6.54 Å². The first-order chi connectivity index (χ1) is 10.7. The topological polar surface area (TPSA) is 109 Å². The lowest BCUT2D eigenvalue weighted by Crippen LogP contribution is -2.28. The van der Waals surface area contributed by atoms with Gasteiger partial charge < -0.3 is 0 Å². The van der Waals surface area contributed by atoms with Crippen LogP contribution < -0.4 is 9.44 Å². The summed E-state index contributed by atoms with van der Waals surface area (Å²) in [6, 6.07) is 4.69. The number of unbranched alkanes of at least 4 members (excludes halogenated alkanes) is 3. The second-order valence-corrected chi connectivity index (χ2v) is 8.54. The summed E-state index contributed by atoms with van der Waals surface area (Å²) in [6.45, 7) is 3.49. The third kappa shape index (κ3) is 6.28. The van der Waals surface area contributed by atoms with E-state index in [1.54, 1.807) is 0 Å². The van der Waals surface area contributed by atoms with E-state index in [0.717, 1.165) is 44.7 Å². The van der Waals surface area contributed by atoms with Crippen LogP contribution >= 0.6 is 0 Å². The molecule has 0 spiro atoms. The molecule has 0 fully saturated rings. The molecule has 0 heterocycles. The van der Waals surface area contributed by atoms with Gasteiger partial charge in [-0.05, 0) is 30.7 Å². The van der Waals surface area contributed by atoms with Gasteiger partial charge in [-0.1, -0.05) is 26.2 Å². The molecule has 1 rings (SSSR count). The van der Waals surface area contributed by atoms with Crippen molar-refractivity contribution in [2.24, 2.45) is 0 Å². The lowest BCUT2D eigenvalue weighted by molar-refractivity contribution is -0.117. The van der Waals surface area contributed by atoms with Crippen molar-refractivity contribution in [1.82, 2.24) is 9.44 Å². The van der Waals surface area contributed by atoms with Gasteiger partial charge in [0.05, 0.1) is 9.79 Å². The molecule has 0 bridgehead atoms. The maximum Gasteiger partial charge on any atom is 0.264 e. The predicted octanol–water partition coefficient (Wildman–Crippen LogP) is 1.37. The number of amides is 1. The Morgan fingerprint density at radius 1 is 0.913 bits per heavy atom. The minimum Gasteiger partial charge on any atom is -0.274 e. The third-order valence-corrected chi connectivity index (χ3v) is 5.97. The normalized spacial score (nSPS) is 12.1. The number of hydrogen-bond donors (Lipinski definition) is 2. The molecule has 0 atom stereocenters. The van der Waals surface area contributed by atoms with E-state index in [9.17, 15) is 21.6 Å². The van der Waals surface area contributed by atoms with Gasteiger partial charge in [0.15, 0.2) is 0 Å². The van der Waals surface area contributed by atoms with E-state index in [0.29, 0.717) is 6.54 Å². The monoisotopic (exact) mass is 362 g/mol. The number of sulfonamides is 2. The van der Waals surface area contributed by atoms with Crippen molar-refractivity contribution in [3.63, 3.8) is 0 Å². The van der Waals surface area contributed by atoms with E-state index in [1.165, 1.54) is 12.1 Å². The summed E-state index contributed by atoms with van der Waals surface area (Å²) in [6.07, 6.45) is 3.82. The van der Waals surface area contributed by atoms with Crippen LogP contribution in [0, 0.1) is 0 Å². The summed E-state index contributed by atoms with van der Waals surface area (Å²) in [7, 11) is -7.63. The SMILES string of the molecule is CCCCCCNS(=O)(=O)c1ccc(S(=O)(=O)NC(C)=O)cc1. The van der Waals surface area contributed by atoms with Crippen LogP contribution in [0.25, 0.3) is 0 Å². The molecule has 130 valence electrons. The fourth-order valence-electron chi connectivity index (χ4n) is 1.89. The fraction of sp³-hybridized carbons (Fsp3) is 0.500. The van der Waals surface area contributed by atoms with Gasteiger partial charge in [-0.2, -0.15) is 0 Å². The van der Waals surface area contributed by atoms with Gasteiger partial charge in [0.1, 0.15) is 0 Å². The lowest BCUT2D eigenvalue weighted by atomic mass is 10.2. The Bertz CT molecular complexity index is 725. The molecule has 1 aromatic rings. The fourth-order valence-corrected chi connectivity index (χ4v) is 3.95. The minimum absolute atomic E-state index is 0.0187. The van der Waals surface area contributed by atoms with E-state index >= 15 is 0 Å². The summed E-state index contributed by atoms with van der Waals surface area (Å²) in [5, 5.41) is 0. The van der Waals surface area contributed by atoms with Crippen LogP contribution in [-0.2, 0) is 24.8 Å². The van der Waals surface area contributed by atoms with Crippen molar-refractivity contribution in [3.8, 4) is 0 Å². The summed E-state index contributed by atoms with van der Waals surface area (Å²) in [5.74, 6) is -0.713. The zero-order valence-corrected chi connectivity index (χ0v) is 14.8. The van der Waals surface area contributed by atoms with Crippen molar-refractivity contribution in [3.05, 3.63) is 24.3 Å². The first kappa shape index (κ1) is 19.6. The highest BCUT2D eigenvalue weighted by Crippen LogP contribution is 2.14. The number of carbonyl (C=O) groups is 1. The van der Waals surface area contributed by atoms with Gasteiger partial charge in [0.2, 0.25) is 15.9 Å². The van der Waals surface area contributed by atoms with Gasteiger partial charge in [-0.25, -0.2) is 26.3 Å². The molecule has 0 aromatic heterocycles. The first-order valence-electron chi connectivity index (χ1n) is 7.32. The number of hydrogen-bond acceptors (Lipinski definition) is 5. The van der Waals surface area contributed by atoms with Gasteiger partial charge in [0.25, 0.3) is 10.0 Å². The van der Waals surface area contributed by atoms with Gasteiger partial charge in [0, 0.05) is 13.5 Å². The third-order valence-electron chi connectivity index (χ3n) is 3.04. The van der Waals surface area contributed by atoms with Gasteiger partial charge in [-0.3, -0.25) is 4.79 Å². The average molecular weight is 362 g/mol. The molecule has 9 heteroatoms. The van der Waals surface area contributed by atoms with E-state index in [2.05, 4.69) is 11.6 Å². The molecule has 7 nitrogen and oxygen atoms in total. The molecule has 0 unspecified atom stereocenters. The molecule has 1 aromatic carbocycles. The second kappa shape index (κ2) is 8.42. The molecule has 0 saturated carbocycles. The van der Waals surface area contributed by atoms with Gasteiger partial charge in [-0.15, -0.1) is 0 Å². The van der Waals surface area contributed by atoms with Crippen molar-refractivity contribution in [2.45, 2.75) is 49.3 Å². The van der Waals surface area contributed by atoms with Crippen molar-refractivity contribution < 1.29 is 21.6 Å². The maximum atomic E-state index is 12.1. The molecule has 0 aliphatic heterocycles. The number of nitrogens with one attached hydrogen (secondary N) is 2. The number of carbonyl (C=O) groups excluding carboxylic acids is 1. The van der Waals surface area contributed by atoms with Crippen LogP contribution in [-0.4, -0.2) is 29.3 Å². The van der Waals surface area contributed by atoms with E-state index in [4.69, 9.17) is 0 Å².